The van der Waals surface area contributed by atoms with E-state index < -0.39 is 0 Å². The van der Waals surface area contributed by atoms with Gasteiger partial charge < -0.3 is 5.73 Å². The first-order valence-electron chi connectivity index (χ1n) is 4.20. The van der Waals surface area contributed by atoms with Crippen LogP contribution in [0.25, 0.3) is 0 Å². The quantitative estimate of drug-likeness (QED) is 0.614. The number of benzene rings is 1. The Morgan fingerprint density at radius 1 is 1.33 bits per heavy atom. The van der Waals surface area contributed by atoms with Gasteiger partial charge in [0.05, 0.1) is 10.7 Å². The van der Waals surface area contributed by atoms with Crippen molar-refractivity contribution < 1.29 is 0 Å². The number of hydrogen-bond donors (Lipinski definition) is 1. The van der Waals surface area contributed by atoms with Crippen LogP contribution in [0.3, 0.4) is 0 Å². The Bertz CT molecular complexity index is 222. The van der Waals surface area contributed by atoms with Crippen molar-refractivity contribution in [2.75, 3.05) is 5.73 Å². The van der Waals surface area contributed by atoms with Gasteiger partial charge in [0.15, 0.2) is 0 Å². The molecule has 0 aliphatic heterocycles. The predicted octanol–water partition coefficient (Wildman–Crippen LogP) is 3.34. The minimum atomic E-state index is 0.618. The Morgan fingerprint density at radius 2 is 1.83 bits per heavy atom. The fourth-order valence-electron chi connectivity index (χ4n) is 0.642. The number of anilines is 1. The highest BCUT2D eigenvalue weighted by molar-refractivity contribution is 6.33. The lowest BCUT2D eigenvalue weighted by Crippen LogP contribution is -1.82. The molecule has 0 radical (unpaired) electrons. The van der Waals surface area contributed by atoms with Crippen molar-refractivity contribution in [1.82, 2.24) is 0 Å². The van der Waals surface area contributed by atoms with E-state index in [1.165, 1.54) is 12.8 Å². The van der Waals surface area contributed by atoms with E-state index in [0.717, 1.165) is 5.92 Å². The Labute approximate surface area is 78.5 Å². The summed E-state index contributed by atoms with van der Waals surface area (Å²) in [6.45, 7) is 2.28. The normalized spacial score (nSPS) is 14.8. The molecular formula is C10H14ClN. The molecule has 1 aliphatic rings. The van der Waals surface area contributed by atoms with E-state index >= 15 is 0 Å². The molecule has 0 heterocycles. The molecule has 0 unspecified atom stereocenters. The first kappa shape index (κ1) is 9.40. The summed E-state index contributed by atoms with van der Waals surface area (Å²) in [5.74, 6) is 1.08. The molecule has 0 spiro atoms. The highest BCUT2D eigenvalue weighted by Crippen LogP contribution is 2.26. The Morgan fingerprint density at radius 3 is 2.08 bits per heavy atom. The van der Waals surface area contributed by atoms with Crippen LogP contribution in [0.15, 0.2) is 24.3 Å². The number of para-hydroxylation sites is 1. The lowest BCUT2D eigenvalue weighted by atomic mass is 10.3. The van der Waals surface area contributed by atoms with Gasteiger partial charge in [-0.05, 0) is 18.1 Å². The van der Waals surface area contributed by atoms with Gasteiger partial charge in [-0.25, -0.2) is 0 Å². The SMILES string of the molecule is CC1CC1.Nc1ccccc1Cl. The van der Waals surface area contributed by atoms with Gasteiger partial charge in [0.25, 0.3) is 0 Å². The fraction of sp³-hybridized carbons (Fsp3) is 0.400. The van der Waals surface area contributed by atoms with Crippen molar-refractivity contribution in [2.24, 2.45) is 5.92 Å². The van der Waals surface area contributed by atoms with Gasteiger partial charge in [-0.3, -0.25) is 0 Å². The molecule has 1 aromatic rings. The molecule has 2 N–H and O–H groups in total. The van der Waals surface area contributed by atoms with Crippen LogP contribution in [-0.2, 0) is 0 Å². The zero-order valence-electron chi connectivity index (χ0n) is 7.26. The summed E-state index contributed by atoms with van der Waals surface area (Å²) in [5, 5.41) is 0.618. The van der Waals surface area contributed by atoms with E-state index in [0.29, 0.717) is 10.7 Å². The topological polar surface area (TPSA) is 26.0 Å². The van der Waals surface area contributed by atoms with E-state index in [-0.39, 0.29) is 0 Å². The molecule has 0 aromatic heterocycles. The molecule has 1 saturated carbocycles. The Kier molecular flexibility index (Phi) is 3.42. The number of nitrogen functional groups attached to an aromatic ring is 1. The molecule has 12 heavy (non-hydrogen) atoms. The molecule has 2 rings (SSSR count). The molecule has 0 bridgehead atoms. The maximum Gasteiger partial charge on any atom is 0.0635 e. The van der Waals surface area contributed by atoms with Crippen molar-refractivity contribution in [3.05, 3.63) is 29.3 Å². The maximum absolute atomic E-state index is 5.58. The summed E-state index contributed by atoms with van der Waals surface area (Å²) in [7, 11) is 0. The van der Waals surface area contributed by atoms with Crippen LogP contribution in [0.5, 0.6) is 0 Å². The Hall–Kier alpha value is -0.690. The molecule has 66 valence electrons. The van der Waals surface area contributed by atoms with Crippen molar-refractivity contribution in [1.29, 1.82) is 0 Å². The van der Waals surface area contributed by atoms with Crippen LogP contribution < -0.4 is 5.73 Å². The van der Waals surface area contributed by atoms with Gasteiger partial charge in [-0.15, -0.1) is 0 Å². The number of rotatable bonds is 0. The second kappa shape index (κ2) is 4.36. The Balaban J connectivity index is 0.000000150. The van der Waals surface area contributed by atoms with E-state index in [9.17, 15) is 0 Å². The molecule has 1 fully saturated rings. The third-order valence-electron chi connectivity index (χ3n) is 1.77. The summed E-state index contributed by atoms with van der Waals surface area (Å²) in [5.41, 5.74) is 6.02. The molecule has 2 heteroatoms. The van der Waals surface area contributed by atoms with Gasteiger partial charge in [0.2, 0.25) is 0 Å². The van der Waals surface area contributed by atoms with Crippen LogP contribution >= 0.6 is 11.6 Å². The van der Waals surface area contributed by atoms with Crippen molar-refractivity contribution >= 4 is 17.3 Å². The van der Waals surface area contributed by atoms with Gasteiger partial charge in [-0.1, -0.05) is 43.5 Å². The lowest BCUT2D eigenvalue weighted by molar-refractivity contribution is 0.983. The molecule has 1 aliphatic carbocycles. The third kappa shape index (κ3) is 3.63. The number of hydrogen-bond acceptors (Lipinski definition) is 1. The first-order valence-corrected chi connectivity index (χ1v) is 4.58. The molecular weight excluding hydrogens is 170 g/mol. The number of halogens is 1. The minimum absolute atomic E-state index is 0.618. The van der Waals surface area contributed by atoms with Crippen molar-refractivity contribution in [3.8, 4) is 0 Å². The van der Waals surface area contributed by atoms with Gasteiger partial charge in [0.1, 0.15) is 0 Å². The zero-order valence-corrected chi connectivity index (χ0v) is 8.01. The van der Waals surface area contributed by atoms with Crippen LogP contribution in [0.4, 0.5) is 5.69 Å². The molecule has 0 atom stereocenters. The summed E-state index contributed by atoms with van der Waals surface area (Å²) in [4.78, 5) is 0. The van der Waals surface area contributed by atoms with E-state index in [2.05, 4.69) is 6.92 Å². The van der Waals surface area contributed by atoms with Crippen LogP contribution in [0.2, 0.25) is 5.02 Å². The fourth-order valence-corrected chi connectivity index (χ4v) is 0.777. The van der Waals surface area contributed by atoms with Crippen LogP contribution in [0, 0.1) is 5.92 Å². The van der Waals surface area contributed by atoms with Gasteiger partial charge in [-0.2, -0.15) is 0 Å². The van der Waals surface area contributed by atoms with Crippen molar-refractivity contribution in [2.45, 2.75) is 19.8 Å². The molecule has 1 nitrogen and oxygen atoms in total. The molecule has 0 amide bonds. The predicted molar refractivity (Wildman–Crippen MR) is 54.3 cm³/mol. The summed E-state index contributed by atoms with van der Waals surface area (Å²) >= 11 is 5.58. The average molecular weight is 184 g/mol. The van der Waals surface area contributed by atoms with Crippen LogP contribution in [0.1, 0.15) is 19.8 Å². The third-order valence-corrected chi connectivity index (χ3v) is 2.12. The minimum Gasteiger partial charge on any atom is -0.398 e. The van der Waals surface area contributed by atoms with Gasteiger partial charge >= 0.3 is 0 Å². The van der Waals surface area contributed by atoms with Crippen molar-refractivity contribution in [3.63, 3.8) is 0 Å². The van der Waals surface area contributed by atoms with E-state index in [4.69, 9.17) is 17.3 Å². The van der Waals surface area contributed by atoms with Crippen LogP contribution in [-0.4, -0.2) is 0 Å². The first-order chi connectivity index (χ1) is 5.70. The summed E-state index contributed by atoms with van der Waals surface area (Å²) in [6.07, 6.45) is 2.97. The highest BCUT2D eigenvalue weighted by Gasteiger charge is 2.12. The zero-order chi connectivity index (χ0) is 8.97. The second-order valence-electron chi connectivity index (χ2n) is 3.20. The average Bonchev–Trinajstić information content (AvgIpc) is 2.80. The standard InChI is InChI=1S/C6H6ClN.C4H8/c7-5-3-1-2-4-6(5)8;1-4-2-3-4/h1-4H,8H2;4H,2-3H2,1H3. The summed E-state index contributed by atoms with van der Waals surface area (Å²) in [6, 6.07) is 7.22. The van der Waals surface area contributed by atoms with E-state index in [1.54, 1.807) is 12.1 Å². The monoisotopic (exact) mass is 183 g/mol. The lowest BCUT2D eigenvalue weighted by Gasteiger charge is -1.91. The maximum atomic E-state index is 5.58. The largest absolute Gasteiger partial charge is 0.398 e. The number of nitrogens with two attached hydrogens (primary N) is 1. The summed E-state index contributed by atoms with van der Waals surface area (Å²) < 4.78 is 0. The second-order valence-corrected chi connectivity index (χ2v) is 3.61. The highest BCUT2D eigenvalue weighted by atomic mass is 35.5. The van der Waals surface area contributed by atoms with Gasteiger partial charge in [0, 0.05) is 0 Å². The van der Waals surface area contributed by atoms with E-state index in [1.807, 2.05) is 12.1 Å². The molecule has 1 aromatic carbocycles. The molecule has 0 saturated heterocycles. The smallest absolute Gasteiger partial charge is 0.0635 e.